The van der Waals surface area contributed by atoms with Crippen LogP contribution < -0.4 is 5.32 Å². The highest BCUT2D eigenvalue weighted by molar-refractivity contribution is 5.97. The largest absolute Gasteiger partial charge is 0.310 e. The van der Waals surface area contributed by atoms with Crippen LogP contribution in [0.15, 0.2) is 18.2 Å². The van der Waals surface area contributed by atoms with Gasteiger partial charge in [0.1, 0.15) is 0 Å². The van der Waals surface area contributed by atoms with Crippen molar-refractivity contribution in [3.05, 3.63) is 35.4 Å². The Bertz CT molecular complexity index is 339. The van der Waals surface area contributed by atoms with Gasteiger partial charge in [-0.3, -0.25) is 4.79 Å². The molecular weight excluding hydrogens is 188 g/mol. The third-order valence-electron chi connectivity index (χ3n) is 1.79. The van der Waals surface area contributed by atoms with Gasteiger partial charge in [-0.2, -0.15) is 0 Å². The lowest BCUT2D eigenvalue weighted by atomic mass is 10.1. The highest BCUT2D eigenvalue weighted by Crippen LogP contribution is 2.11. The van der Waals surface area contributed by atoms with Crippen LogP contribution in [0.5, 0.6) is 0 Å². The van der Waals surface area contributed by atoms with Crippen LogP contribution in [0.4, 0.5) is 8.78 Å². The van der Waals surface area contributed by atoms with E-state index in [2.05, 4.69) is 5.32 Å². The Balaban J connectivity index is 2.84. The van der Waals surface area contributed by atoms with Crippen LogP contribution in [0.1, 0.15) is 17.3 Å². The summed E-state index contributed by atoms with van der Waals surface area (Å²) in [6.07, 6.45) is 0. The molecule has 0 atom stereocenters. The average molecular weight is 199 g/mol. The van der Waals surface area contributed by atoms with E-state index < -0.39 is 17.4 Å². The number of likely N-dealkylation sites (N-methyl/N-ethyl adjacent to an activating group) is 1. The summed E-state index contributed by atoms with van der Waals surface area (Å²) in [7, 11) is 0. The molecule has 4 heteroatoms. The molecule has 0 spiro atoms. The fourth-order valence-electron chi connectivity index (χ4n) is 1.05. The molecule has 2 nitrogen and oxygen atoms in total. The lowest BCUT2D eigenvalue weighted by Gasteiger charge is -2.03. The van der Waals surface area contributed by atoms with Crippen molar-refractivity contribution in [1.29, 1.82) is 0 Å². The summed E-state index contributed by atoms with van der Waals surface area (Å²) in [6, 6.07) is 3.58. The minimum Gasteiger partial charge on any atom is -0.310 e. The number of carbonyl (C=O) groups excluding carboxylic acids is 1. The topological polar surface area (TPSA) is 29.1 Å². The summed E-state index contributed by atoms with van der Waals surface area (Å²) in [5.74, 6) is -2.51. The molecule has 0 bridgehead atoms. The van der Waals surface area contributed by atoms with E-state index in [0.717, 1.165) is 6.07 Å². The fourth-order valence-corrected chi connectivity index (χ4v) is 1.05. The Morgan fingerprint density at radius 2 is 2.14 bits per heavy atom. The van der Waals surface area contributed by atoms with Gasteiger partial charge in [-0.1, -0.05) is 13.0 Å². The molecule has 0 fully saturated rings. The molecule has 14 heavy (non-hydrogen) atoms. The van der Waals surface area contributed by atoms with Gasteiger partial charge in [-0.15, -0.1) is 0 Å². The number of halogens is 2. The number of ketones is 1. The number of Topliss-reactive ketones (excluding diaryl/α,β-unsaturated/α-hetero) is 1. The Morgan fingerprint density at radius 1 is 1.43 bits per heavy atom. The molecule has 0 aromatic heterocycles. The van der Waals surface area contributed by atoms with Gasteiger partial charge in [-0.25, -0.2) is 8.78 Å². The van der Waals surface area contributed by atoms with Crippen molar-refractivity contribution in [2.24, 2.45) is 0 Å². The molecule has 0 aliphatic heterocycles. The van der Waals surface area contributed by atoms with Gasteiger partial charge in [0.25, 0.3) is 0 Å². The van der Waals surface area contributed by atoms with Crippen molar-refractivity contribution in [1.82, 2.24) is 5.32 Å². The third-order valence-corrected chi connectivity index (χ3v) is 1.79. The van der Waals surface area contributed by atoms with E-state index >= 15 is 0 Å². The monoisotopic (exact) mass is 199 g/mol. The second-order valence-electron chi connectivity index (χ2n) is 2.80. The lowest BCUT2D eigenvalue weighted by Crippen LogP contribution is -2.23. The standard InChI is InChI=1S/C10H11F2NO/c1-2-13-6-9(14)7-4-3-5-8(11)10(7)12/h3-5,13H,2,6H2,1H3. The van der Waals surface area contributed by atoms with Gasteiger partial charge in [0.05, 0.1) is 12.1 Å². The fraction of sp³-hybridized carbons (Fsp3) is 0.300. The van der Waals surface area contributed by atoms with Crippen molar-refractivity contribution in [3.63, 3.8) is 0 Å². The van der Waals surface area contributed by atoms with Crippen molar-refractivity contribution < 1.29 is 13.6 Å². The van der Waals surface area contributed by atoms with Crippen molar-refractivity contribution in [2.45, 2.75) is 6.92 Å². The molecule has 0 unspecified atom stereocenters. The smallest absolute Gasteiger partial charge is 0.179 e. The van der Waals surface area contributed by atoms with E-state index in [9.17, 15) is 13.6 Å². The SMILES string of the molecule is CCNCC(=O)c1cccc(F)c1F. The maximum Gasteiger partial charge on any atom is 0.179 e. The molecule has 0 radical (unpaired) electrons. The molecule has 0 aliphatic carbocycles. The highest BCUT2D eigenvalue weighted by Gasteiger charge is 2.13. The molecule has 0 aliphatic rings. The van der Waals surface area contributed by atoms with E-state index in [4.69, 9.17) is 0 Å². The van der Waals surface area contributed by atoms with Gasteiger partial charge in [0.2, 0.25) is 0 Å². The minimum absolute atomic E-state index is 0.0247. The molecule has 0 heterocycles. The summed E-state index contributed by atoms with van der Waals surface area (Å²) in [5.41, 5.74) is -0.203. The lowest BCUT2D eigenvalue weighted by molar-refractivity contribution is 0.0987. The van der Waals surface area contributed by atoms with Gasteiger partial charge >= 0.3 is 0 Å². The number of rotatable bonds is 4. The highest BCUT2D eigenvalue weighted by atomic mass is 19.2. The number of carbonyl (C=O) groups is 1. The number of benzene rings is 1. The molecule has 0 saturated carbocycles. The maximum absolute atomic E-state index is 13.1. The number of hydrogen-bond acceptors (Lipinski definition) is 2. The normalized spacial score (nSPS) is 10.2. The number of hydrogen-bond donors (Lipinski definition) is 1. The van der Waals surface area contributed by atoms with Crippen molar-refractivity contribution in [3.8, 4) is 0 Å². The zero-order valence-corrected chi connectivity index (χ0v) is 7.81. The van der Waals surface area contributed by atoms with Crippen LogP contribution in [0, 0.1) is 11.6 Å². The molecule has 1 aromatic rings. The summed E-state index contributed by atoms with van der Waals surface area (Å²) < 4.78 is 25.8. The van der Waals surface area contributed by atoms with Crippen LogP contribution in [0.25, 0.3) is 0 Å². The zero-order valence-electron chi connectivity index (χ0n) is 7.81. The predicted molar refractivity (Wildman–Crippen MR) is 49.2 cm³/mol. The first-order valence-corrected chi connectivity index (χ1v) is 4.34. The Hall–Kier alpha value is -1.29. The second-order valence-corrected chi connectivity index (χ2v) is 2.80. The van der Waals surface area contributed by atoms with Crippen molar-refractivity contribution in [2.75, 3.05) is 13.1 Å². The van der Waals surface area contributed by atoms with Crippen LogP contribution in [0.3, 0.4) is 0 Å². The van der Waals surface area contributed by atoms with E-state index in [1.54, 1.807) is 0 Å². The molecule has 1 aromatic carbocycles. The molecule has 1 N–H and O–H groups in total. The van der Waals surface area contributed by atoms with Gasteiger partial charge in [0, 0.05) is 0 Å². The van der Waals surface area contributed by atoms with Gasteiger partial charge in [0.15, 0.2) is 17.4 Å². The molecule has 1 rings (SSSR count). The summed E-state index contributed by atoms with van der Waals surface area (Å²) in [6.45, 7) is 2.47. The Labute approximate surface area is 80.9 Å². The first kappa shape index (κ1) is 10.8. The van der Waals surface area contributed by atoms with Crippen molar-refractivity contribution >= 4 is 5.78 Å². The van der Waals surface area contributed by atoms with E-state index in [1.165, 1.54) is 12.1 Å². The van der Waals surface area contributed by atoms with E-state index in [0.29, 0.717) is 6.54 Å². The Morgan fingerprint density at radius 3 is 2.79 bits per heavy atom. The maximum atomic E-state index is 13.1. The first-order chi connectivity index (χ1) is 6.66. The van der Waals surface area contributed by atoms with Gasteiger partial charge in [-0.05, 0) is 18.7 Å². The van der Waals surface area contributed by atoms with Crippen LogP contribution >= 0.6 is 0 Å². The quantitative estimate of drug-likeness (QED) is 0.748. The third kappa shape index (κ3) is 2.35. The zero-order chi connectivity index (χ0) is 10.6. The molecular formula is C10H11F2NO. The van der Waals surface area contributed by atoms with Crippen LogP contribution in [-0.4, -0.2) is 18.9 Å². The summed E-state index contributed by atoms with van der Waals surface area (Å²) in [5, 5.41) is 2.75. The molecule has 0 amide bonds. The number of nitrogens with one attached hydrogen (secondary N) is 1. The second kappa shape index (κ2) is 4.81. The molecule has 76 valence electrons. The Kier molecular flexibility index (Phi) is 3.71. The average Bonchev–Trinajstić information content (AvgIpc) is 2.18. The minimum atomic E-state index is -1.07. The van der Waals surface area contributed by atoms with E-state index in [1.807, 2.05) is 6.92 Å². The molecule has 0 saturated heterocycles. The predicted octanol–water partition coefficient (Wildman–Crippen LogP) is 1.76. The van der Waals surface area contributed by atoms with E-state index in [-0.39, 0.29) is 12.1 Å². The summed E-state index contributed by atoms with van der Waals surface area (Å²) >= 11 is 0. The first-order valence-electron chi connectivity index (χ1n) is 4.34. The summed E-state index contributed by atoms with van der Waals surface area (Å²) in [4.78, 5) is 11.3. The van der Waals surface area contributed by atoms with Gasteiger partial charge < -0.3 is 5.32 Å². The van der Waals surface area contributed by atoms with Crippen LogP contribution in [0.2, 0.25) is 0 Å². The van der Waals surface area contributed by atoms with Crippen LogP contribution in [-0.2, 0) is 0 Å².